The highest BCUT2D eigenvalue weighted by Crippen LogP contribution is 2.51. The molecule has 0 aromatic carbocycles. The van der Waals surface area contributed by atoms with E-state index in [0.29, 0.717) is 12.5 Å². The summed E-state index contributed by atoms with van der Waals surface area (Å²) in [6.45, 7) is 2.45. The molecule has 0 spiro atoms. The molecule has 94 valence electrons. The predicted molar refractivity (Wildman–Crippen MR) is 73.6 cm³/mol. The predicted octanol–water partition coefficient (Wildman–Crippen LogP) is 4.79. The third-order valence-electron chi connectivity index (χ3n) is 3.01. The minimum Gasteiger partial charge on any atom is -0.326 e. The Morgan fingerprint density at radius 3 is 2.62 bits per heavy atom. The normalized spacial score (nSPS) is 22.4. The summed E-state index contributed by atoms with van der Waals surface area (Å²) in [7, 11) is -2.51. The van der Waals surface area contributed by atoms with Crippen molar-refractivity contribution in [2.24, 2.45) is 5.92 Å². The van der Waals surface area contributed by atoms with Crippen LogP contribution in [0.4, 0.5) is 0 Å². The lowest BCUT2D eigenvalue weighted by Gasteiger charge is -2.24. The van der Waals surface area contributed by atoms with Crippen molar-refractivity contribution in [2.75, 3.05) is 18.1 Å². The van der Waals surface area contributed by atoms with Gasteiger partial charge in [0.1, 0.15) is 0 Å². The highest BCUT2D eigenvalue weighted by Gasteiger charge is 2.25. The molecule has 1 aliphatic rings. The van der Waals surface area contributed by atoms with Crippen LogP contribution in [-0.2, 0) is 9.09 Å². The second-order valence-corrected chi connectivity index (χ2v) is 7.39. The van der Waals surface area contributed by atoms with E-state index in [1.807, 2.05) is 13.0 Å². The Hall–Kier alpha value is 0.410. The highest BCUT2D eigenvalue weighted by atomic mass is 79.9. The third-order valence-corrected chi connectivity index (χ3v) is 5.77. The van der Waals surface area contributed by atoms with E-state index >= 15 is 0 Å². The smallest absolute Gasteiger partial charge is 0.225 e. The van der Waals surface area contributed by atoms with E-state index in [2.05, 4.69) is 15.9 Å². The average Bonchev–Trinajstić information content (AvgIpc) is 2.28. The Morgan fingerprint density at radius 2 is 2.06 bits per heavy atom. The molecule has 1 fully saturated rings. The Kier molecular flexibility index (Phi) is 6.95. The first-order valence-electron chi connectivity index (χ1n) is 6.17. The van der Waals surface area contributed by atoms with Gasteiger partial charge in [-0.2, -0.15) is 0 Å². The molecular formula is C12H22BrO2P. The topological polar surface area (TPSA) is 26.3 Å². The molecule has 0 saturated heterocycles. The van der Waals surface area contributed by atoms with Crippen LogP contribution < -0.4 is 0 Å². The van der Waals surface area contributed by atoms with Gasteiger partial charge in [-0.1, -0.05) is 41.3 Å². The first-order valence-corrected chi connectivity index (χ1v) is 9.17. The molecular weight excluding hydrogens is 287 g/mol. The maximum Gasteiger partial charge on any atom is 0.225 e. The van der Waals surface area contributed by atoms with Gasteiger partial charge in [-0.15, -0.1) is 0 Å². The van der Waals surface area contributed by atoms with Crippen LogP contribution in [0.15, 0.2) is 11.9 Å². The largest absolute Gasteiger partial charge is 0.326 e. The van der Waals surface area contributed by atoms with Gasteiger partial charge in [0.2, 0.25) is 7.37 Å². The van der Waals surface area contributed by atoms with E-state index in [1.165, 1.54) is 32.1 Å². The SMILES string of the molecule is CCOP(=O)(C=CCBr)CC1CCCCC1. The monoisotopic (exact) mass is 308 g/mol. The zero-order valence-corrected chi connectivity index (χ0v) is 12.5. The third kappa shape index (κ3) is 5.16. The number of halogens is 1. The lowest BCUT2D eigenvalue weighted by molar-refractivity contribution is 0.321. The molecule has 1 saturated carbocycles. The molecule has 2 nitrogen and oxygen atoms in total. The number of hydrogen-bond acceptors (Lipinski definition) is 2. The fourth-order valence-corrected chi connectivity index (χ4v) is 5.04. The van der Waals surface area contributed by atoms with Crippen LogP contribution in [0.1, 0.15) is 39.0 Å². The summed E-state index contributed by atoms with van der Waals surface area (Å²) in [6, 6.07) is 0. The second kappa shape index (κ2) is 7.68. The highest BCUT2D eigenvalue weighted by molar-refractivity contribution is 9.09. The molecule has 0 amide bonds. The lowest BCUT2D eigenvalue weighted by Crippen LogP contribution is -2.11. The van der Waals surface area contributed by atoms with Gasteiger partial charge in [-0.05, 0) is 31.5 Å². The zero-order valence-electron chi connectivity index (χ0n) is 10.0. The molecule has 16 heavy (non-hydrogen) atoms. The van der Waals surface area contributed by atoms with Crippen molar-refractivity contribution in [1.29, 1.82) is 0 Å². The van der Waals surface area contributed by atoms with Crippen LogP contribution in [0.3, 0.4) is 0 Å². The van der Waals surface area contributed by atoms with E-state index in [0.717, 1.165) is 11.5 Å². The van der Waals surface area contributed by atoms with Crippen molar-refractivity contribution in [2.45, 2.75) is 39.0 Å². The number of alkyl halides is 1. The molecule has 1 rings (SSSR count). The summed E-state index contributed by atoms with van der Waals surface area (Å²) in [5.41, 5.74) is 0. The molecule has 0 N–H and O–H groups in total. The molecule has 0 heterocycles. The van der Waals surface area contributed by atoms with E-state index in [9.17, 15) is 4.57 Å². The quantitative estimate of drug-likeness (QED) is 0.521. The first kappa shape index (κ1) is 14.5. The van der Waals surface area contributed by atoms with Gasteiger partial charge >= 0.3 is 0 Å². The van der Waals surface area contributed by atoms with Crippen LogP contribution in [0.5, 0.6) is 0 Å². The summed E-state index contributed by atoms with van der Waals surface area (Å²) < 4.78 is 18.0. The molecule has 0 aromatic heterocycles. The Bertz CT molecular complexity index is 260. The van der Waals surface area contributed by atoms with E-state index in [1.54, 1.807) is 5.82 Å². The lowest BCUT2D eigenvalue weighted by atomic mass is 9.91. The van der Waals surface area contributed by atoms with E-state index in [4.69, 9.17) is 4.52 Å². The van der Waals surface area contributed by atoms with Gasteiger partial charge < -0.3 is 4.52 Å². The van der Waals surface area contributed by atoms with Gasteiger partial charge in [0.25, 0.3) is 0 Å². The summed E-state index contributed by atoms with van der Waals surface area (Å²) in [4.78, 5) is 0. The minimum absolute atomic E-state index is 0.538. The maximum atomic E-state index is 12.5. The van der Waals surface area contributed by atoms with Crippen molar-refractivity contribution < 1.29 is 9.09 Å². The minimum atomic E-state index is -2.51. The maximum absolute atomic E-state index is 12.5. The van der Waals surface area contributed by atoms with Crippen molar-refractivity contribution in [3.63, 3.8) is 0 Å². The van der Waals surface area contributed by atoms with Crippen molar-refractivity contribution in [3.8, 4) is 0 Å². The fourth-order valence-electron chi connectivity index (χ4n) is 2.31. The molecule has 1 aliphatic carbocycles. The molecule has 0 radical (unpaired) electrons. The van der Waals surface area contributed by atoms with Crippen molar-refractivity contribution >= 4 is 23.3 Å². The van der Waals surface area contributed by atoms with E-state index in [-0.39, 0.29) is 0 Å². The summed E-state index contributed by atoms with van der Waals surface area (Å²) in [5.74, 6) is 2.39. The van der Waals surface area contributed by atoms with Gasteiger partial charge in [-0.25, -0.2) is 0 Å². The van der Waals surface area contributed by atoms with Crippen LogP contribution >= 0.6 is 23.3 Å². The van der Waals surface area contributed by atoms with Gasteiger partial charge in [-0.3, -0.25) is 4.57 Å². The number of allylic oxidation sites excluding steroid dienone is 1. The molecule has 0 aromatic rings. The molecule has 1 atom stereocenters. The Labute approximate surface area is 107 Å². The van der Waals surface area contributed by atoms with E-state index < -0.39 is 7.37 Å². The van der Waals surface area contributed by atoms with Crippen LogP contribution in [0.25, 0.3) is 0 Å². The second-order valence-electron chi connectivity index (χ2n) is 4.37. The number of hydrogen-bond donors (Lipinski definition) is 0. The summed E-state index contributed by atoms with van der Waals surface area (Å²) >= 11 is 3.31. The Balaban J connectivity index is 2.54. The summed E-state index contributed by atoms with van der Waals surface area (Å²) in [6.07, 6.45) is 9.01. The number of rotatable bonds is 6. The molecule has 0 aliphatic heterocycles. The zero-order chi connectivity index (χ0) is 11.9. The first-order chi connectivity index (χ1) is 7.70. The van der Waals surface area contributed by atoms with Crippen LogP contribution in [-0.4, -0.2) is 18.1 Å². The average molecular weight is 309 g/mol. The summed E-state index contributed by atoms with van der Waals surface area (Å²) in [5, 5.41) is 0.745. The van der Waals surface area contributed by atoms with Gasteiger partial charge in [0.05, 0.1) is 6.61 Å². The Morgan fingerprint density at radius 1 is 1.38 bits per heavy atom. The fraction of sp³-hybridized carbons (Fsp3) is 0.833. The van der Waals surface area contributed by atoms with Crippen LogP contribution in [0.2, 0.25) is 0 Å². The standard InChI is InChI=1S/C12H22BrO2P/c1-2-15-16(14,10-6-9-13)11-12-7-4-3-5-8-12/h6,10,12H,2-5,7-9,11H2,1H3. The molecule has 1 unspecified atom stereocenters. The molecule has 4 heteroatoms. The molecule has 0 bridgehead atoms. The van der Waals surface area contributed by atoms with Gasteiger partial charge in [0, 0.05) is 11.5 Å². The van der Waals surface area contributed by atoms with Crippen LogP contribution in [0, 0.1) is 5.92 Å². The van der Waals surface area contributed by atoms with Crippen molar-refractivity contribution in [1.82, 2.24) is 0 Å². The van der Waals surface area contributed by atoms with Crippen molar-refractivity contribution in [3.05, 3.63) is 11.9 Å². The van der Waals surface area contributed by atoms with Gasteiger partial charge in [0.15, 0.2) is 0 Å².